The van der Waals surface area contributed by atoms with Crippen LogP contribution in [-0.2, 0) is 0 Å². The predicted octanol–water partition coefficient (Wildman–Crippen LogP) is 4.91. The molecular formula is C21H26N2O. The Morgan fingerprint density at radius 3 is 2.00 bits per heavy atom. The molecule has 3 heteroatoms. The first-order chi connectivity index (χ1) is 11.6. The standard InChI is InChI=1S/C21H26N2O/c1-15(2)20-18(22-24)14-19(16-10-6-4-7-11-16)23(3)21(20)17-12-8-5-9-13-17/h4-13,15,19-21,24H,14H2,1-3H3/b22-18-/t19-,20+,21-/m0/s1. The second kappa shape index (κ2) is 7.18. The van der Waals surface area contributed by atoms with Crippen LogP contribution < -0.4 is 0 Å². The Kier molecular flexibility index (Phi) is 5.00. The number of rotatable bonds is 3. The Morgan fingerprint density at radius 1 is 0.958 bits per heavy atom. The number of hydrogen-bond donors (Lipinski definition) is 1. The molecule has 1 aliphatic rings. The SMILES string of the molecule is CC(C)[C@@H]1/C(=N\O)C[C@@H](c2ccccc2)N(C)[C@H]1c1ccccc1. The monoisotopic (exact) mass is 322 g/mol. The minimum absolute atomic E-state index is 0.205. The van der Waals surface area contributed by atoms with Crippen LogP contribution in [0.25, 0.3) is 0 Å². The van der Waals surface area contributed by atoms with Gasteiger partial charge in [0.15, 0.2) is 0 Å². The van der Waals surface area contributed by atoms with E-state index in [1.54, 1.807) is 0 Å². The van der Waals surface area contributed by atoms with Crippen molar-refractivity contribution < 1.29 is 5.21 Å². The molecule has 126 valence electrons. The summed E-state index contributed by atoms with van der Waals surface area (Å²) >= 11 is 0. The van der Waals surface area contributed by atoms with Crippen molar-refractivity contribution in [1.82, 2.24) is 4.90 Å². The third-order valence-corrected chi connectivity index (χ3v) is 5.23. The van der Waals surface area contributed by atoms with E-state index in [1.807, 2.05) is 12.1 Å². The summed E-state index contributed by atoms with van der Waals surface area (Å²) < 4.78 is 0. The Labute approximate surface area is 144 Å². The van der Waals surface area contributed by atoms with Gasteiger partial charge in [-0.15, -0.1) is 0 Å². The van der Waals surface area contributed by atoms with Gasteiger partial charge in [-0.25, -0.2) is 0 Å². The molecule has 0 amide bonds. The molecule has 1 N–H and O–H groups in total. The molecule has 0 radical (unpaired) electrons. The zero-order chi connectivity index (χ0) is 17.1. The Balaban J connectivity index is 2.06. The van der Waals surface area contributed by atoms with Crippen molar-refractivity contribution in [3.8, 4) is 0 Å². The molecule has 0 aromatic heterocycles. The molecule has 24 heavy (non-hydrogen) atoms. The van der Waals surface area contributed by atoms with Crippen LogP contribution >= 0.6 is 0 Å². The van der Waals surface area contributed by atoms with E-state index >= 15 is 0 Å². The minimum atomic E-state index is 0.205. The molecule has 1 saturated heterocycles. The Bertz CT molecular complexity index is 681. The maximum atomic E-state index is 9.70. The number of piperidine rings is 1. The fourth-order valence-corrected chi connectivity index (χ4v) is 4.09. The van der Waals surface area contributed by atoms with Crippen molar-refractivity contribution in [2.75, 3.05) is 7.05 Å². The maximum absolute atomic E-state index is 9.70. The highest BCUT2D eigenvalue weighted by molar-refractivity contribution is 5.89. The summed E-state index contributed by atoms with van der Waals surface area (Å²) in [6, 6.07) is 21.5. The molecule has 1 aliphatic heterocycles. The van der Waals surface area contributed by atoms with Gasteiger partial charge in [-0.1, -0.05) is 79.7 Å². The van der Waals surface area contributed by atoms with Gasteiger partial charge >= 0.3 is 0 Å². The molecule has 3 nitrogen and oxygen atoms in total. The number of oxime groups is 1. The normalized spacial score (nSPS) is 26.8. The lowest BCUT2D eigenvalue weighted by Crippen LogP contribution is -2.45. The molecule has 3 rings (SSSR count). The van der Waals surface area contributed by atoms with E-state index < -0.39 is 0 Å². The second-order valence-corrected chi connectivity index (χ2v) is 7.01. The Morgan fingerprint density at radius 2 is 1.50 bits per heavy atom. The van der Waals surface area contributed by atoms with E-state index in [4.69, 9.17) is 0 Å². The predicted molar refractivity (Wildman–Crippen MR) is 98.3 cm³/mol. The van der Waals surface area contributed by atoms with Gasteiger partial charge in [0.25, 0.3) is 0 Å². The average Bonchev–Trinajstić information content (AvgIpc) is 2.62. The quantitative estimate of drug-likeness (QED) is 0.644. The van der Waals surface area contributed by atoms with Crippen molar-refractivity contribution in [3.63, 3.8) is 0 Å². The molecule has 1 fully saturated rings. The number of benzene rings is 2. The van der Waals surface area contributed by atoms with E-state index in [0.717, 1.165) is 12.1 Å². The third kappa shape index (κ3) is 3.09. The van der Waals surface area contributed by atoms with Crippen LogP contribution in [0.5, 0.6) is 0 Å². The number of nitrogens with zero attached hydrogens (tertiary/aromatic N) is 2. The largest absolute Gasteiger partial charge is 0.411 e. The molecule has 0 spiro atoms. The van der Waals surface area contributed by atoms with Crippen molar-refractivity contribution >= 4 is 5.71 Å². The molecule has 0 bridgehead atoms. The zero-order valence-electron chi connectivity index (χ0n) is 14.6. The van der Waals surface area contributed by atoms with Crippen molar-refractivity contribution in [2.24, 2.45) is 17.0 Å². The lowest BCUT2D eigenvalue weighted by molar-refractivity contribution is 0.103. The maximum Gasteiger partial charge on any atom is 0.0642 e. The summed E-state index contributed by atoms with van der Waals surface area (Å²) in [7, 11) is 2.19. The van der Waals surface area contributed by atoms with Gasteiger partial charge in [-0.3, -0.25) is 4.90 Å². The molecule has 0 aliphatic carbocycles. The summed E-state index contributed by atoms with van der Waals surface area (Å²) in [4.78, 5) is 2.45. The van der Waals surface area contributed by atoms with E-state index in [1.165, 1.54) is 11.1 Å². The highest BCUT2D eigenvalue weighted by Crippen LogP contribution is 2.45. The van der Waals surface area contributed by atoms with Gasteiger partial charge in [0.1, 0.15) is 0 Å². The van der Waals surface area contributed by atoms with Crippen LogP contribution in [0.2, 0.25) is 0 Å². The lowest BCUT2D eigenvalue weighted by Gasteiger charge is -2.46. The van der Waals surface area contributed by atoms with Gasteiger partial charge in [0, 0.05) is 24.4 Å². The molecule has 2 aromatic carbocycles. The zero-order valence-corrected chi connectivity index (χ0v) is 14.6. The van der Waals surface area contributed by atoms with E-state index in [-0.39, 0.29) is 18.0 Å². The number of likely N-dealkylation sites (tertiary alicyclic amines) is 1. The number of hydrogen-bond acceptors (Lipinski definition) is 3. The lowest BCUT2D eigenvalue weighted by atomic mass is 9.74. The second-order valence-electron chi connectivity index (χ2n) is 7.01. The van der Waals surface area contributed by atoms with Crippen LogP contribution in [0.3, 0.4) is 0 Å². The van der Waals surface area contributed by atoms with Gasteiger partial charge in [0.2, 0.25) is 0 Å². The molecule has 1 heterocycles. The molecule has 0 unspecified atom stereocenters. The highest BCUT2D eigenvalue weighted by Gasteiger charge is 2.42. The van der Waals surface area contributed by atoms with Crippen molar-refractivity contribution in [2.45, 2.75) is 32.4 Å². The summed E-state index contributed by atoms with van der Waals surface area (Å²) in [5.74, 6) is 0.614. The summed E-state index contributed by atoms with van der Waals surface area (Å²) in [6.07, 6.45) is 0.767. The molecule has 0 saturated carbocycles. The molecular weight excluding hydrogens is 296 g/mol. The highest BCUT2D eigenvalue weighted by atomic mass is 16.4. The Hall–Kier alpha value is -2.13. The van der Waals surface area contributed by atoms with Gasteiger partial charge in [-0.05, 0) is 24.1 Å². The summed E-state index contributed by atoms with van der Waals surface area (Å²) in [6.45, 7) is 4.42. The van der Waals surface area contributed by atoms with E-state index in [0.29, 0.717) is 5.92 Å². The fraction of sp³-hybridized carbons (Fsp3) is 0.381. The summed E-state index contributed by atoms with van der Waals surface area (Å²) in [5, 5.41) is 13.4. The van der Waals surface area contributed by atoms with E-state index in [2.05, 4.69) is 79.5 Å². The van der Waals surface area contributed by atoms with Gasteiger partial charge < -0.3 is 5.21 Å². The van der Waals surface area contributed by atoms with Crippen LogP contribution in [0.4, 0.5) is 0 Å². The first kappa shape index (κ1) is 16.7. The van der Waals surface area contributed by atoms with Gasteiger partial charge in [-0.2, -0.15) is 0 Å². The van der Waals surface area contributed by atoms with Crippen LogP contribution in [0, 0.1) is 11.8 Å². The first-order valence-corrected chi connectivity index (χ1v) is 8.66. The van der Waals surface area contributed by atoms with Crippen LogP contribution in [-0.4, -0.2) is 22.9 Å². The molecule has 2 aromatic rings. The third-order valence-electron chi connectivity index (χ3n) is 5.23. The van der Waals surface area contributed by atoms with Crippen molar-refractivity contribution in [1.29, 1.82) is 0 Å². The summed E-state index contributed by atoms with van der Waals surface area (Å²) in [5.41, 5.74) is 3.45. The fourth-order valence-electron chi connectivity index (χ4n) is 4.09. The van der Waals surface area contributed by atoms with Crippen molar-refractivity contribution in [3.05, 3.63) is 71.8 Å². The van der Waals surface area contributed by atoms with Crippen LogP contribution in [0.1, 0.15) is 43.5 Å². The van der Waals surface area contributed by atoms with Gasteiger partial charge in [0.05, 0.1) is 5.71 Å². The minimum Gasteiger partial charge on any atom is -0.411 e. The smallest absolute Gasteiger partial charge is 0.0642 e. The average molecular weight is 322 g/mol. The van der Waals surface area contributed by atoms with E-state index in [9.17, 15) is 5.21 Å². The topological polar surface area (TPSA) is 35.8 Å². The van der Waals surface area contributed by atoms with Crippen LogP contribution in [0.15, 0.2) is 65.8 Å². The molecule has 3 atom stereocenters. The first-order valence-electron chi connectivity index (χ1n) is 8.66.